The lowest BCUT2D eigenvalue weighted by Gasteiger charge is -2.48. The summed E-state index contributed by atoms with van der Waals surface area (Å²) >= 11 is 0. The Morgan fingerprint density at radius 2 is 0.851 bits per heavy atom. The molecule has 0 saturated carbocycles. The molecule has 3 fully saturated rings. The summed E-state index contributed by atoms with van der Waals surface area (Å²) in [5.41, 5.74) is 0. The molecule has 0 bridgehead atoms. The van der Waals surface area contributed by atoms with E-state index in [1.807, 2.05) is 6.08 Å². The first-order chi connectivity index (χ1) is 35.8. The van der Waals surface area contributed by atoms with E-state index in [1.54, 1.807) is 6.08 Å². The van der Waals surface area contributed by atoms with Crippen LogP contribution in [0, 0.1) is 0 Å². The van der Waals surface area contributed by atoms with Crippen molar-refractivity contribution in [3.8, 4) is 0 Å². The average molecular weight is 1060 g/mol. The summed E-state index contributed by atoms with van der Waals surface area (Å²) in [6, 6.07) is -0.967. The Morgan fingerprint density at radius 3 is 1.32 bits per heavy atom. The first-order valence-corrected chi connectivity index (χ1v) is 28.6. The maximum absolute atomic E-state index is 13.2. The van der Waals surface area contributed by atoms with Gasteiger partial charge in [0, 0.05) is 6.42 Å². The standard InChI is InChI=1S/C55H101NO18/c1-3-5-7-9-11-12-13-14-15-16-17-18-19-20-21-22-23-24-25-26-27-29-31-33-43(61)56-38(39(60)32-30-28-10-8-6-4-2)37-69-53-49(67)46(64)51(41(35-58)71-53)74-55-50(68)47(65)52(42(36-59)72-55)73-54-48(66)45(63)44(62)40(34-57)70-54/h16-17,30,32,38-42,44-55,57-60,62-68H,3-15,18-29,31,33-37H2,1-2H3,(H,56,61)/b17-16-,32-30+. The monoisotopic (exact) mass is 1060 g/mol. The third kappa shape index (κ3) is 24.1. The number of aliphatic hydroxyl groups is 11. The van der Waals surface area contributed by atoms with Gasteiger partial charge >= 0.3 is 0 Å². The van der Waals surface area contributed by atoms with Crippen LogP contribution < -0.4 is 5.32 Å². The van der Waals surface area contributed by atoms with Crippen molar-refractivity contribution in [1.29, 1.82) is 0 Å². The molecule has 3 heterocycles. The topological polar surface area (TPSA) is 307 Å². The van der Waals surface area contributed by atoms with Crippen molar-refractivity contribution < 1.29 is 89.4 Å². The van der Waals surface area contributed by atoms with E-state index in [1.165, 1.54) is 109 Å². The number of carbonyl (C=O) groups excluding carboxylic acids is 1. The molecular weight excluding hydrogens is 963 g/mol. The SMILES string of the molecule is CCCCCC/C=C/C(O)C(COC1OC(CO)C(OC2OC(CO)C(OC3OC(CO)C(O)C(O)C3O)C(O)C2O)C(O)C1O)NC(=O)CCCCCCCCCCCCC/C=C\CCCCCCCCCC. The Labute approximate surface area is 441 Å². The van der Waals surface area contributed by atoms with Gasteiger partial charge in [0.05, 0.1) is 38.6 Å². The predicted molar refractivity (Wildman–Crippen MR) is 277 cm³/mol. The Kier molecular flexibility index (Phi) is 35.6. The highest BCUT2D eigenvalue weighted by atomic mass is 16.8. The van der Waals surface area contributed by atoms with Crippen LogP contribution in [-0.4, -0.2) is 193 Å². The summed E-state index contributed by atoms with van der Waals surface area (Å²) in [5.74, 6) is -0.282. The van der Waals surface area contributed by atoms with Gasteiger partial charge in [0.2, 0.25) is 5.91 Å². The van der Waals surface area contributed by atoms with E-state index >= 15 is 0 Å². The van der Waals surface area contributed by atoms with E-state index in [4.69, 9.17) is 28.4 Å². The molecule has 0 aromatic carbocycles. The second kappa shape index (κ2) is 39.6. The zero-order valence-corrected chi connectivity index (χ0v) is 44.8. The minimum atomic E-state index is -1.97. The zero-order chi connectivity index (χ0) is 54.1. The predicted octanol–water partition coefficient (Wildman–Crippen LogP) is 3.98. The molecular formula is C55H101NO18. The van der Waals surface area contributed by atoms with Crippen LogP contribution >= 0.6 is 0 Å². The minimum Gasteiger partial charge on any atom is -0.394 e. The van der Waals surface area contributed by atoms with E-state index < -0.39 is 124 Å². The highest BCUT2D eigenvalue weighted by molar-refractivity contribution is 5.76. The first kappa shape index (κ1) is 66.5. The van der Waals surface area contributed by atoms with Crippen LogP contribution in [0.15, 0.2) is 24.3 Å². The van der Waals surface area contributed by atoms with Crippen molar-refractivity contribution in [2.75, 3.05) is 26.4 Å². The number of nitrogens with one attached hydrogen (secondary N) is 1. The van der Waals surface area contributed by atoms with Gasteiger partial charge in [-0.2, -0.15) is 0 Å². The maximum Gasteiger partial charge on any atom is 0.220 e. The van der Waals surface area contributed by atoms with Gasteiger partial charge < -0.3 is 89.9 Å². The summed E-state index contributed by atoms with van der Waals surface area (Å²) in [5, 5.41) is 119. The maximum atomic E-state index is 13.2. The van der Waals surface area contributed by atoms with Crippen molar-refractivity contribution >= 4 is 5.91 Å². The van der Waals surface area contributed by atoms with Crippen LogP contribution in [-0.2, 0) is 33.2 Å². The van der Waals surface area contributed by atoms with Gasteiger partial charge in [-0.3, -0.25) is 4.79 Å². The third-order valence-corrected chi connectivity index (χ3v) is 14.5. The number of hydrogen-bond donors (Lipinski definition) is 12. The number of rotatable bonds is 41. The van der Waals surface area contributed by atoms with Gasteiger partial charge in [-0.15, -0.1) is 0 Å². The minimum absolute atomic E-state index is 0.243. The molecule has 3 rings (SSSR count). The highest BCUT2D eigenvalue weighted by Gasteiger charge is 2.53. The fourth-order valence-electron chi connectivity index (χ4n) is 9.71. The molecule has 19 heteroatoms. The van der Waals surface area contributed by atoms with E-state index in [0.717, 1.165) is 51.4 Å². The number of hydrogen-bond acceptors (Lipinski definition) is 18. The molecule has 434 valence electrons. The third-order valence-electron chi connectivity index (χ3n) is 14.5. The lowest BCUT2D eigenvalue weighted by Crippen LogP contribution is -2.66. The molecule has 1 amide bonds. The molecule has 17 unspecified atom stereocenters. The van der Waals surface area contributed by atoms with Crippen LogP contribution in [0.5, 0.6) is 0 Å². The smallest absolute Gasteiger partial charge is 0.220 e. The largest absolute Gasteiger partial charge is 0.394 e. The molecule has 74 heavy (non-hydrogen) atoms. The number of ether oxygens (including phenoxy) is 6. The molecule has 0 spiro atoms. The van der Waals surface area contributed by atoms with Crippen molar-refractivity contribution in [3.63, 3.8) is 0 Å². The molecule has 3 saturated heterocycles. The van der Waals surface area contributed by atoms with E-state index in [9.17, 15) is 61.0 Å². The Balaban J connectivity index is 1.41. The summed E-state index contributed by atoms with van der Waals surface area (Å²) in [6.07, 6.45) is 12.3. The number of carbonyl (C=O) groups is 1. The molecule has 12 N–H and O–H groups in total. The number of allylic oxidation sites excluding steroid dienone is 3. The Bertz CT molecular complexity index is 1460. The summed E-state index contributed by atoms with van der Waals surface area (Å²) in [7, 11) is 0. The average Bonchev–Trinajstić information content (AvgIpc) is 3.40. The van der Waals surface area contributed by atoms with Crippen molar-refractivity contribution in [2.45, 2.75) is 291 Å². The van der Waals surface area contributed by atoms with Gasteiger partial charge in [0.15, 0.2) is 18.9 Å². The fourth-order valence-corrected chi connectivity index (χ4v) is 9.71. The second-order valence-corrected chi connectivity index (χ2v) is 20.8. The molecule has 0 radical (unpaired) electrons. The Hall–Kier alpha value is -1.73. The molecule has 0 aromatic heterocycles. The quantitative estimate of drug-likeness (QED) is 0.0304. The second-order valence-electron chi connectivity index (χ2n) is 20.8. The van der Waals surface area contributed by atoms with Gasteiger partial charge in [0.25, 0.3) is 0 Å². The Morgan fingerprint density at radius 1 is 0.473 bits per heavy atom. The van der Waals surface area contributed by atoms with Crippen molar-refractivity contribution in [3.05, 3.63) is 24.3 Å². The first-order valence-electron chi connectivity index (χ1n) is 28.6. The van der Waals surface area contributed by atoms with E-state index in [2.05, 4.69) is 31.3 Å². The molecule has 3 aliphatic heterocycles. The number of aliphatic hydroxyl groups excluding tert-OH is 11. The molecule has 3 aliphatic rings. The summed E-state index contributed by atoms with van der Waals surface area (Å²) < 4.78 is 34.1. The van der Waals surface area contributed by atoms with Gasteiger partial charge in [-0.1, -0.05) is 160 Å². The number of amides is 1. The van der Waals surface area contributed by atoms with Crippen LogP contribution in [0.4, 0.5) is 0 Å². The lowest BCUT2D eigenvalue weighted by molar-refractivity contribution is -0.379. The lowest BCUT2D eigenvalue weighted by atomic mass is 9.96. The summed E-state index contributed by atoms with van der Waals surface area (Å²) in [6.45, 7) is 1.61. The van der Waals surface area contributed by atoms with Gasteiger partial charge in [-0.25, -0.2) is 0 Å². The molecule has 17 atom stereocenters. The van der Waals surface area contributed by atoms with Gasteiger partial charge in [-0.05, 0) is 44.9 Å². The van der Waals surface area contributed by atoms with Crippen molar-refractivity contribution in [2.24, 2.45) is 0 Å². The van der Waals surface area contributed by atoms with Gasteiger partial charge in [0.1, 0.15) is 73.2 Å². The van der Waals surface area contributed by atoms with Crippen LogP contribution in [0.2, 0.25) is 0 Å². The molecule has 0 aromatic rings. The van der Waals surface area contributed by atoms with Crippen molar-refractivity contribution in [1.82, 2.24) is 5.32 Å². The number of unbranched alkanes of at least 4 members (excludes halogenated alkanes) is 23. The van der Waals surface area contributed by atoms with Crippen LogP contribution in [0.1, 0.15) is 187 Å². The normalized spacial score (nSPS) is 31.6. The van der Waals surface area contributed by atoms with Crippen LogP contribution in [0.25, 0.3) is 0 Å². The highest BCUT2D eigenvalue weighted by Crippen LogP contribution is 2.33. The van der Waals surface area contributed by atoms with Crippen LogP contribution in [0.3, 0.4) is 0 Å². The van der Waals surface area contributed by atoms with E-state index in [-0.39, 0.29) is 18.9 Å². The molecule has 0 aliphatic carbocycles. The zero-order valence-electron chi connectivity index (χ0n) is 44.8. The van der Waals surface area contributed by atoms with E-state index in [0.29, 0.717) is 6.42 Å². The fraction of sp³-hybridized carbons (Fsp3) is 0.909. The molecule has 19 nitrogen and oxygen atoms in total. The summed E-state index contributed by atoms with van der Waals surface area (Å²) in [4.78, 5) is 13.2.